The number of nitrogens with one attached hydrogen (secondary N) is 2. The zero-order valence-corrected chi connectivity index (χ0v) is 13.8. The van der Waals surface area contributed by atoms with Gasteiger partial charge in [-0.25, -0.2) is 4.79 Å². The molecule has 1 saturated heterocycles. The van der Waals surface area contributed by atoms with Crippen molar-refractivity contribution in [3.63, 3.8) is 0 Å². The lowest BCUT2D eigenvalue weighted by Gasteiger charge is -2.32. The van der Waals surface area contributed by atoms with E-state index in [1.165, 1.54) is 38.8 Å². The Morgan fingerprint density at radius 2 is 1.81 bits per heavy atom. The van der Waals surface area contributed by atoms with Gasteiger partial charge in [0.15, 0.2) is 0 Å². The number of carbonyl (C=O) groups is 1. The zero-order valence-electron chi connectivity index (χ0n) is 13.8. The van der Waals surface area contributed by atoms with Gasteiger partial charge in [-0.1, -0.05) is 0 Å². The fraction of sp³-hybridized carbons (Fsp3) is 0.938. The molecular formula is C16H31N3O2. The summed E-state index contributed by atoms with van der Waals surface area (Å²) in [6.07, 6.45) is 5.97. The Bertz CT molecular complexity index is 329. The minimum absolute atomic E-state index is 0.319. The molecule has 5 nitrogen and oxygen atoms in total. The van der Waals surface area contributed by atoms with Crippen LogP contribution in [-0.4, -0.2) is 54.9 Å². The van der Waals surface area contributed by atoms with Crippen molar-refractivity contribution < 1.29 is 9.53 Å². The van der Waals surface area contributed by atoms with E-state index >= 15 is 0 Å². The molecule has 1 aliphatic heterocycles. The highest BCUT2D eigenvalue weighted by molar-refractivity contribution is 5.67. The van der Waals surface area contributed by atoms with Gasteiger partial charge in [0.25, 0.3) is 0 Å². The lowest BCUT2D eigenvalue weighted by atomic mass is 10.0. The van der Waals surface area contributed by atoms with Crippen LogP contribution < -0.4 is 10.6 Å². The predicted molar refractivity (Wildman–Crippen MR) is 84.5 cm³/mol. The molecule has 1 heterocycles. The maximum absolute atomic E-state index is 11.5. The lowest BCUT2D eigenvalue weighted by molar-refractivity contribution is 0.0527. The summed E-state index contributed by atoms with van der Waals surface area (Å²) in [7, 11) is 0. The van der Waals surface area contributed by atoms with Gasteiger partial charge >= 0.3 is 6.09 Å². The van der Waals surface area contributed by atoms with Gasteiger partial charge in [-0.15, -0.1) is 0 Å². The summed E-state index contributed by atoms with van der Waals surface area (Å²) < 4.78 is 5.20. The molecule has 0 aromatic carbocycles. The molecule has 122 valence electrons. The number of amides is 1. The van der Waals surface area contributed by atoms with E-state index in [9.17, 15) is 4.79 Å². The van der Waals surface area contributed by atoms with Crippen molar-refractivity contribution in [3.05, 3.63) is 0 Å². The third kappa shape index (κ3) is 6.66. The van der Waals surface area contributed by atoms with Crippen molar-refractivity contribution in [3.8, 4) is 0 Å². The van der Waals surface area contributed by atoms with Crippen LogP contribution in [0.15, 0.2) is 0 Å². The molecule has 0 atom stereocenters. The van der Waals surface area contributed by atoms with Gasteiger partial charge in [0, 0.05) is 18.6 Å². The second-order valence-electron chi connectivity index (χ2n) is 7.28. The fourth-order valence-corrected chi connectivity index (χ4v) is 2.81. The van der Waals surface area contributed by atoms with Crippen molar-refractivity contribution in [2.45, 2.75) is 70.6 Å². The summed E-state index contributed by atoms with van der Waals surface area (Å²) in [6, 6.07) is 1.56. The minimum Gasteiger partial charge on any atom is -0.444 e. The van der Waals surface area contributed by atoms with Gasteiger partial charge in [0.05, 0.1) is 0 Å². The molecule has 1 amide bonds. The van der Waals surface area contributed by atoms with Crippen molar-refractivity contribution in [2.75, 3.05) is 26.2 Å². The molecule has 0 radical (unpaired) electrons. The number of likely N-dealkylation sites (tertiary alicyclic amines) is 1. The summed E-state index contributed by atoms with van der Waals surface area (Å²) in [5, 5.41) is 6.40. The molecular weight excluding hydrogens is 266 g/mol. The minimum atomic E-state index is -0.419. The Labute approximate surface area is 128 Å². The largest absolute Gasteiger partial charge is 0.444 e. The molecule has 0 spiro atoms. The molecule has 2 fully saturated rings. The van der Waals surface area contributed by atoms with Crippen LogP contribution in [-0.2, 0) is 4.74 Å². The molecule has 2 aliphatic rings. The zero-order chi connectivity index (χ0) is 15.3. The number of nitrogens with zero attached hydrogens (tertiary/aromatic N) is 1. The first-order valence-electron chi connectivity index (χ1n) is 8.38. The number of piperidine rings is 1. The summed E-state index contributed by atoms with van der Waals surface area (Å²) >= 11 is 0. The Morgan fingerprint density at radius 3 is 2.38 bits per heavy atom. The first-order chi connectivity index (χ1) is 9.94. The molecule has 0 aromatic rings. The number of carbonyl (C=O) groups excluding carboxylic acids is 1. The Balaban J connectivity index is 1.46. The van der Waals surface area contributed by atoms with E-state index in [2.05, 4.69) is 15.5 Å². The SMILES string of the molecule is CC(C)(C)OC(=O)NCCCNC1CCN(C2CC2)CC1. The Hall–Kier alpha value is -0.810. The van der Waals surface area contributed by atoms with E-state index in [-0.39, 0.29) is 6.09 Å². The van der Waals surface area contributed by atoms with Crippen molar-refractivity contribution in [1.29, 1.82) is 0 Å². The van der Waals surface area contributed by atoms with Crippen LogP contribution in [0.3, 0.4) is 0 Å². The molecule has 0 unspecified atom stereocenters. The lowest BCUT2D eigenvalue weighted by Crippen LogP contribution is -2.44. The molecule has 21 heavy (non-hydrogen) atoms. The monoisotopic (exact) mass is 297 g/mol. The van der Waals surface area contributed by atoms with E-state index in [1.54, 1.807) is 0 Å². The van der Waals surface area contributed by atoms with Gasteiger partial charge in [-0.2, -0.15) is 0 Å². The summed E-state index contributed by atoms with van der Waals surface area (Å²) in [6.45, 7) is 9.76. The summed E-state index contributed by atoms with van der Waals surface area (Å²) in [5.41, 5.74) is -0.419. The van der Waals surface area contributed by atoms with E-state index in [4.69, 9.17) is 4.74 Å². The molecule has 1 aliphatic carbocycles. The summed E-state index contributed by atoms with van der Waals surface area (Å²) in [4.78, 5) is 14.1. The van der Waals surface area contributed by atoms with E-state index in [0.717, 1.165) is 19.0 Å². The second-order valence-corrected chi connectivity index (χ2v) is 7.28. The number of ether oxygens (including phenoxy) is 1. The van der Waals surface area contributed by atoms with E-state index in [0.29, 0.717) is 12.6 Å². The second kappa shape index (κ2) is 7.45. The smallest absolute Gasteiger partial charge is 0.407 e. The fourth-order valence-electron chi connectivity index (χ4n) is 2.81. The van der Waals surface area contributed by atoms with Crippen LogP contribution in [0.4, 0.5) is 4.79 Å². The third-order valence-corrected chi connectivity index (χ3v) is 4.05. The first kappa shape index (κ1) is 16.6. The Kier molecular flexibility index (Phi) is 5.88. The van der Waals surface area contributed by atoms with Crippen LogP contribution in [0, 0.1) is 0 Å². The van der Waals surface area contributed by atoms with Crippen molar-refractivity contribution in [1.82, 2.24) is 15.5 Å². The number of alkyl carbamates (subject to hydrolysis) is 1. The number of hydrogen-bond acceptors (Lipinski definition) is 4. The quantitative estimate of drug-likeness (QED) is 0.737. The molecule has 0 bridgehead atoms. The van der Waals surface area contributed by atoms with Gasteiger partial charge in [-0.05, 0) is 72.5 Å². The highest BCUT2D eigenvalue weighted by Gasteiger charge is 2.31. The third-order valence-electron chi connectivity index (χ3n) is 4.05. The van der Waals surface area contributed by atoms with E-state index < -0.39 is 5.60 Å². The van der Waals surface area contributed by atoms with Gasteiger partial charge < -0.3 is 20.3 Å². The molecule has 1 saturated carbocycles. The maximum Gasteiger partial charge on any atom is 0.407 e. The molecule has 0 aromatic heterocycles. The number of rotatable bonds is 6. The topological polar surface area (TPSA) is 53.6 Å². The van der Waals surface area contributed by atoms with Crippen LogP contribution >= 0.6 is 0 Å². The van der Waals surface area contributed by atoms with Gasteiger partial charge in [0.1, 0.15) is 5.60 Å². The average molecular weight is 297 g/mol. The van der Waals surface area contributed by atoms with Crippen LogP contribution in [0.2, 0.25) is 0 Å². The highest BCUT2D eigenvalue weighted by Crippen LogP contribution is 2.29. The van der Waals surface area contributed by atoms with E-state index in [1.807, 2.05) is 20.8 Å². The average Bonchev–Trinajstić information content (AvgIpc) is 3.21. The van der Waals surface area contributed by atoms with Gasteiger partial charge in [0.2, 0.25) is 0 Å². The standard InChI is InChI=1S/C16H31N3O2/c1-16(2,3)21-15(20)18-10-4-9-17-13-7-11-19(12-8-13)14-5-6-14/h13-14,17H,4-12H2,1-3H3,(H,18,20). The predicted octanol–water partition coefficient (Wildman–Crippen LogP) is 2.12. The van der Waals surface area contributed by atoms with Crippen LogP contribution in [0.1, 0.15) is 52.9 Å². The molecule has 2 rings (SSSR count). The maximum atomic E-state index is 11.5. The summed E-state index contributed by atoms with van der Waals surface area (Å²) in [5.74, 6) is 0. The number of hydrogen-bond donors (Lipinski definition) is 2. The van der Waals surface area contributed by atoms with Crippen LogP contribution in [0.25, 0.3) is 0 Å². The van der Waals surface area contributed by atoms with Crippen molar-refractivity contribution in [2.24, 2.45) is 0 Å². The molecule has 5 heteroatoms. The first-order valence-corrected chi connectivity index (χ1v) is 8.38. The molecule has 2 N–H and O–H groups in total. The van der Waals surface area contributed by atoms with Crippen molar-refractivity contribution >= 4 is 6.09 Å². The normalized spacial score (nSPS) is 21.3. The highest BCUT2D eigenvalue weighted by atomic mass is 16.6. The van der Waals surface area contributed by atoms with Gasteiger partial charge in [-0.3, -0.25) is 0 Å². The Morgan fingerprint density at radius 1 is 1.14 bits per heavy atom. The van der Waals surface area contributed by atoms with Crippen LogP contribution in [0.5, 0.6) is 0 Å².